The van der Waals surface area contributed by atoms with Crippen molar-refractivity contribution in [3.8, 4) is 11.1 Å². The molecule has 2 aromatic rings. The molecule has 3 nitrogen and oxygen atoms in total. The van der Waals surface area contributed by atoms with E-state index in [0.29, 0.717) is 11.3 Å². The molecule has 1 heterocycles. The minimum atomic E-state index is -3.13. The number of rotatable bonds is 2. The van der Waals surface area contributed by atoms with E-state index < -0.39 is 9.84 Å². The SMILES string of the molecule is Cc1ccc(-c2ccc3c(c2)S(=O)(=O)CC3)c(CO)c1. The molecular formula is C16H16O3S. The van der Waals surface area contributed by atoms with E-state index >= 15 is 0 Å². The second-order valence-corrected chi connectivity index (χ2v) is 7.29. The molecule has 0 atom stereocenters. The van der Waals surface area contributed by atoms with Gasteiger partial charge < -0.3 is 5.11 Å². The largest absolute Gasteiger partial charge is 0.392 e. The fourth-order valence-electron chi connectivity index (χ4n) is 2.71. The third kappa shape index (κ3) is 2.15. The molecule has 1 N–H and O–H groups in total. The summed E-state index contributed by atoms with van der Waals surface area (Å²) >= 11 is 0. The number of hydrogen-bond acceptors (Lipinski definition) is 3. The molecule has 0 bridgehead atoms. The Morgan fingerprint density at radius 1 is 1.15 bits per heavy atom. The maximum absolute atomic E-state index is 12.0. The fraction of sp³-hybridized carbons (Fsp3) is 0.250. The monoisotopic (exact) mass is 288 g/mol. The molecule has 0 saturated carbocycles. The van der Waals surface area contributed by atoms with Crippen LogP contribution in [0.25, 0.3) is 11.1 Å². The fourth-order valence-corrected chi connectivity index (χ4v) is 4.29. The van der Waals surface area contributed by atoms with Crippen molar-refractivity contribution >= 4 is 9.84 Å². The second-order valence-electron chi connectivity index (χ2n) is 5.21. The molecule has 0 saturated heterocycles. The van der Waals surface area contributed by atoms with Gasteiger partial charge >= 0.3 is 0 Å². The lowest BCUT2D eigenvalue weighted by atomic mass is 9.97. The molecule has 4 heteroatoms. The number of sulfone groups is 1. The second kappa shape index (κ2) is 4.72. The van der Waals surface area contributed by atoms with Gasteiger partial charge in [-0.3, -0.25) is 0 Å². The quantitative estimate of drug-likeness (QED) is 0.923. The highest BCUT2D eigenvalue weighted by Gasteiger charge is 2.26. The Hall–Kier alpha value is -1.65. The molecule has 104 valence electrons. The Balaban J connectivity index is 2.18. The van der Waals surface area contributed by atoms with E-state index in [0.717, 1.165) is 27.8 Å². The first-order chi connectivity index (χ1) is 9.51. The lowest BCUT2D eigenvalue weighted by Crippen LogP contribution is -1.99. The van der Waals surface area contributed by atoms with Gasteiger partial charge in [-0.15, -0.1) is 0 Å². The molecule has 0 fully saturated rings. The van der Waals surface area contributed by atoms with Crippen LogP contribution in [0, 0.1) is 6.92 Å². The van der Waals surface area contributed by atoms with Crippen molar-refractivity contribution in [3.05, 3.63) is 53.1 Å². The zero-order valence-electron chi connectivity index (χ0n) is 11.3. The van der Waals surface area contributed by atoms with Gasteiger partial charge in [0.25, 0.3) is 0 Å². The Kier molecular flexibility index (Phi) is 3.15. The van der Waals surface area contributed by atoms with Gasteiger partial charge in [-0.2, -0.15) is 0 Å². The predicted molar refractivity (Wildman–Crippen MR) is 78.3 cm³/mol. The first-order valence-electron chi connectivity index (χ1n) is 6.58. The van der Waals surface area contributed by atoms with E-state index in [2.05, 4.69) is 0 Å². The van der Waals surface area contributed by atoms with Crippen LogP contribution in [0.15, 0.2) is 41.3 Å². The van der Waals surface area contributed by atoms with Gasteiger partial charge in [-0.05, 0) is 41.7 Å². The van der Waals surface area contributed by atoms with Crippen LogP contribution in [-0.4, -0.2) is 19.3 Å². The highest BCUT2D eigenvalue weighted by atomic mass is 32.2. The van der Waals surface area contributed by atoms with E-state index in [1.165, 1.54) is 0 Å². The summed E-state index contributed by atoms with van der Waals surface area (Å²) in [6.07, 6.45) is 0.596. The molecular weight excluding hydrogens is 272 g/mol. The summed E-state index contributed by atoms with van der Waals surface area (Å²) in [7, 11) is -3.13. The maximum Gasteiger partial charge on any atom is 0.178 e. The summed E-state index contributed by atoms with van der Waals surface area (Å²) in [6.45, 7) is 1.91. The molecule has 3 rings (SSSR count). The first-order valence-corrected chi connectivity index (χ1v) is 8.23. The molecule has 0 aliphatic carbocycles. The van der Waals surface area contributed by atoms with Gasteiger partial charge in [-0.25, -0.2) is 8.42 Å². The highest BCUT2D eigenvalue weighted by molar-refractivity contribution is 7.91. The minimum Gasteiger partial charge on any atom is -0.392 e. The van der Waals surface area contributed by atoms with Crippen LogP contribution in [-0.2, 0) is 22.9 Å². The lowest BCUT2D eigenvalue weighted by Gasteiger charge is -2.10. The van der Waals surface area contributed by atoms with Gasteiger partial charge in [-0.1, -0.05) is 35.9 Å². The van der Waals surface area contributed by atoms with Crippen molar-refractivity contribution in [3.63, 3.8) is 0 Å². The topological polar surface area (TPSA) is 54.4 Å². The number of aliphatic hydroxyl groups is 1. The predicted octanol–water partition coefficient (Wildman–Crippen LogP) is 2.48. The van der Waals surface area contributed by atoms with Gasteiger partial charge in [0.1, 0.15) is 0 Å². The summed E-state index contributed by atoms with van der Waals surface area (Å²) < 4.78 is 24.0. The van der Waals surface area contributed by atoms with Gasteiger partial charge in [0.15, 0.2) is 9.84 Å². The Bertz CT molecular complexity index is 776. The standard InChI is InChI=1S/C16H16O3S/c1-11-2-5-15(14(8-11)10-17)13-4-3-12-6-7-20(18,19)16(12)9-13/h2-5,8-9,17H,6-7,10H2,1H3. The smallest absolute Gasteiger partial charge is 0.178 e. The third-order valence-corrected chi connectivity index (χ3v) is 5.58. The van der Waals surface area contributed by atoms with Crippen LogP contribution in [0.4, 0.5) is 0 Å². The molecule has 1 aliphatic heterocycles. The minimum absolute atomic E-state index is 0.0547. The van der Waals surface area contributed by atoms with Gasteiger partial charge in [0, 0.05) is 0 Å². The van der Waals surface area contributed by atoms with Gasteiger partial charge in [0.2, 0.25) is 0 Å². The van der Waals surface area contributed by atoms with Gasteiger partial charge in [0.05, 0.1) is 17.3 Å². The molecule has 1 aliphatic rings. The average molecular weight is 288 g/mol. The molecule has 0 spiro atoms. The molecule has 2 aromatic carbocycles. The summed E-state index contributed by atoms with van der Waals surface area (Å²) in [5, 5.41) is 9.48. The summed E-state index contributed by atoms with van der Waals surface area (Å²) in [4.78, 5) is 0.444. The van der Waals surface area contributed by atoms with Crippen LogP contribution in [0.2, 0.25) is 0 Å². The van der Waals surface area contributed by atoms with E-state index in [4.69, 9.17) is 0 Å². The zero-order valence-corrected chi connectivity index (χ0v) is 12.1. The van der Waals surface area contributed by atoms with Crippen molar-refractivity contribution in [1.29, 1.82) is 0 Å². The van der Waals surface area contributed by atoms with E-state index in [-0.39, 0.29) is 12.4 Å². The van der Waals surface area contributed by atoms with Crippen molar-refractivity contribution < 1.29 is 13.5 Å². The summed E-state index contributed by atoms with van der Waals surface area (Å²) in [5.41, 5.74) is 4.53. The zero-order chi connectivity index (χ0) is 14.3. The lowest BCUT2D eigenvalue weighted by molar-refractivity contribution is 0.282. The average Bonchev–Trinajstić information content (AvgIpc) is 2.74. The maximum atomic E-state index is 12.0. The molecule has 0 amide bonds. The van der Waals surface area contributed by atoms with Crippen molar-refractivity contribution in [2.24, 2.45) is 0 Å². The first kappa shape index (κ1) is 13.3. The Morgan fingerprint density at radius 2 is 1.95 bits per heavy atom. The van der Waals surface area contributed by atoms with E-state index in [1.54, 1.807) is 6.07 Å². The van der Waals surface area contributed by atoms with Crippen LogP contribution < -0.4 is 0 Å². The number of aryl methyl sites for hydroxylation is 2. The van der Waals surface area contributed by atoms with E-state index in [1.807, 2.05) is 37.3 Å². The molecule has 20 heavy (non-hydrogen) atoms. The molecule has 0 unspecified atom stereocenters. The summed E-state index contributed by atoms with van der Waals surface area (Å²) in [6, 6.07) is 11.4. The Morgan fingerprint density at radius 3 is 2.70 bits per heavy atom. The molecule has 0 radical (unpaired) electrons. The van der Waals surface area contributed by atoms with Crippen LogP contribution in [0.3, 0.4) is 0 Å². The number of hydrogen-bond donors (Lipinski definition) is 1. The third-order valence-electron chi connectivity index (χ3n) is 3.78. The number of aliphatic hydroxyl groups excluding tert-OH is 1. The normalized spacial score (nSPS) is 16.1. The molecule has 0 aromatic heterocycles. The number of benzene rings is 2. The van der Waals surface area contributed by atoms with Crippen molar-refractivity contribution in [1.82, 2.24) is 0 Å². The highest BCUT2D eigenvalue weighted by Crippen LogP contribution is 2.32. The van der Waals surface area contributed by atoms with Crippen molar-refractivity contribution in [2.75, 3.05) is 5.75 Å². The summed E-state index contributed by atoms with van der Waals surface area (Å²) in [5.74, 6) is 0.201. The number of fused-ring (bicyclic) bond motifs is 1. The van der Waals surface area contributed by atoms with Crippen LogP contribution in [0.5, 0.6) is 0 Å². The van der Waals surface area contributed by atoms with Crippen molar-refractivity contribution in [2.45, 2.75) is 24.8 Å². The van der Waals surface area contributed by atoms with Crippen LogP contribution in [0.1, 0.15) is 16.7 Å². The Labute approximate surface area is 118 Å². The van der Waals surface area contributed by atoms with E-state index in [9.17, 15) is 13.5 Å². The van der Waals surface area contributed by atoms with Crippen LogP contribution >= 0.6 is 0 Å².